The summed E-state index contributed by atoms with van der Waals surface area (Å²) in [6.07, 6.45) is 1.72. The van der Waals surface area contributed by atoms with Gasteiger partial charge in [0.05, 0.1) is 10.6 Å². The van der Waals surface area contributed by atoms with Crippen molar-refractivity contribution in [2.24, 2.45) is 0 Å². The van der Waals surface area contributed by atoms with E-state index in [0.717, 1.165) is 24.2 Å². The maximum Gasteiger partial charge on any atom is 0.323 e. The van der Waals surface area contributed by atoms with E-state index in [2.05, 4.69) is 10.6 Å². The molecule has 2 aromatic carbocycles. The molecule has 1 atom stereocenters. The number of aromatic hydroxyl groups is 1. The first-order valence-corrected chi connectivity index (χ1v) is 10.4. The minimum atomic E-state index is -0.618. The van der Waals surface area contributed by atoms with Crippen LogP contribution >= 0.6 is 0 Å². The van der Waals surface area contributed by atoms with Crippen LogP contribution in [0, 0.1) is 12.7 Å². The number of fused-ring (bicyclic) bond motifs is 1. The van der Waals surface area contributed by atoms with Gasteiger partial charge in [-0.2, -0.15) is 0 Å². The van der Waals surface area contributed by atoms with Crippen LogP contribution < -0.4 is 10.6 Å². The van der Waals surface area contributed by atoms with Gasteiger partial charge >= 0.3 is 6.03 Å². The second-order valence-electron chi connectivity index (χ2n) is 5.66. The summed E-state index contributed by atoms with van der Waals surface area (Å²) in [5.74, 6) is 0.258. The number of phenolic OH excluding ortho intramolecular Hbond substituents is 1. The summed E-state index contributed by atoms with van der Waals surface area (Å²) in [6.45, 7) is 1.57. The number of anilines is 2. The number of carbonyl (C=O) groups is 1. The molecule has 1 aliphatic rings. The van der Waals surface area contributed by atoms with Crippen molar-refractivity contribution in [1.82, 2.24) is 0 Å². The zero-order valence-corrected chi connectivity index (χ0v) is 15.1. The van der Waals surface area contributed by atoms with E-state index in [4.69, 9.17) is 0 Å². The van der Waals surface area contributed by atoms with Crippen molar-refractivity contribution >= 4 is 37.1 Å². The molecule has 1 unspecified atom stereocenters. The molecule has 0 saturated carbocycles. The van der Waals surface area contributed by atoms with E-state index in [-0.39, 0.29) is 11.4 Å². The molecular formula is C17H17FN2O3S2. The Labute approximate surface area is 149 Å². The van der Waals surface area contributed by atoms with Crippen LogP contribution in [0.5, 0.6) is 5.75 Å². The fourth-order valence-electron chi connectivity index (χ4n) is 2.75. The van der Waals surface area contributed by atoms with E-state index in [1.165, 1.54) is 12.1 Å². The van der Waals surface area contributed by atoms with Gasteiger partial charge in [0.25, 0.3) is 0 Å². The van der Waals surface area contributed by atoms with Gasteiger partial charge in [0.1, 0.15) is 16.0 Å². The molecule has 0 aromatic heterocycles. The number of rotatable bonds is 2. The number of halogens is 1. The highest BCUT2D eigenvalue weighted by Gasteiger charge is 2.21. The Morgan fingerprint density at radius 1 is 1.24 bits per heavy atom. The number of benzene rings is 2. The molecule has 2 aromatic rings. The van der Waals surface area contributed by atoms with E-state index >= 15 is 0 Å². The van der Waals surface area contributed by atoms with Gasteiger partial charge in [-0.15, -0.1) is 0 Å². The van der Waals surface area contributed by atoms with Gasteiger partial charge in [-0.05, 0) is 43.5 Å². The smallest absolute Gasteiger partial charge is 0.323 e. The molecule has 1 heterocycles. The summed E-state index contributed by atoms with van der Waals surface area (Å²) in [6, 6.07) is 7.27. The Balaban J connectivity index is 1.85. The van der Waals surface area contributed by atoms with Gasteiger partial charge in [0, 0.05) is 17.0 Å². The average Bonchev–Trinajstić information content (AvgIpc) is 2.61. The number of phenols is 1. The monoisotopic (exact) mass is 380 g/mol. The number of hydrogen-bond donors (Lipinski definition) is 3. The van der Waals surface area contributed by atoms with Crippen LogP contribution in [0.15, 0.2) is 35.2 Å². The van der Waals surface area contributed by atoms with Crippen LogP contribution in [0.25, 0.3) is 0 Å². The number of nitrogens with one attached hydrogen (secondary N) is 2. The lowest BCUT2D eigenvalue weighted by atomic mass is 10.1. The lowest BCUT2D eigenvalue weighted by Gasteiger charge is -2.20. The lowest BCUT2D eigenvalue weighted by molar-refractivity contribution is 0.262. The summed E-state index contributed by atoms with van der Waals surface area (Å²) in [4.78, 5) is 12.8. The molecule has 3 N–H and O–H groups in total. The van der Waals surface area contributed by atoms with Gasteiger partial charge in [0.15, 0.2) is 5.75 Å². The van der Waals surface area contributed by atoms with Crippen molar-refractivity contribution in [3.8, 4) is 5.75 Å². The van der Waals surface area contributed by atoms with E-state index in [9.17, 15) is 18.5 Å². The van der Waals surface area contributed by atoms with Gasteiger partial charge in [0.2, 0.25) is 0 Å². The topological polar surface area (TPSA) is 78.4 Å². The second kappa shape index (κ2) is 7.37. The zero-order chi connectivity index (χ0) is 18.0. The molecule has 0 fully saturated rings. The molecule has 5 nitrogen and oxygen atoms in total. The van der Waals surface area contributed by atoms with Crippen molar-refractivity contribution in [2.45, 2.75) is 24.7 Å². The molecule has 1 aliphatic heterocycles. The number of hydrogen-bond acceptors (Lipinski definition) is 3. The van der Waals surface area contributed by atoms with Crippen molar-refractivity contribution in [2.75, 3.05) is 16.4 Å². The van der Waals surface area contributed by atoms with Crippen LogP contribution in [-0.2, 0) is 26.1 Å². The fraction of sp³-hybridized carbons (Fsp3) is 0.235. The molecule has 0 radical (unpaired) electrons. The molecule has 25 heavy (non-hydrogen) atoms. The van der Waals surface area contributed by atoms with Gasteiger partial charge in [-0.25, -0.2) is 13.4 Å². The SMILES string of the molecule is Cc1c(F)cccc1NC(=O)Nc1ccc2c(c1O)S(=S=O)CCC2. The minimum absolute atomic E-state index is 0.0602. The summed E-state index contributed by atoms with van der Waals surface area (Å²) in [5, 5.41) is 15.6. The highest BCUT2D eigenvalue weighted by molar-refractivity contribution is 8.31. The van der Waals surface area contributed by atoms with Crippen LogP contribution in [0.2, 0.25) is 0 Å². The highest BCUT2D eigenvalue weighted by atomic mass is 32.8. The van der Waals surface area contributed by atoms with Crippen molar-refractivity contribution in [3.05, 3.63) is 47.3 Å². The lowest BCUT2D eigenvalue weighted by Crippen LogP contribution is -2.21. The molecule has 132 valence electrons. The Bertz CT molecular complexity index is 911. The highest BCUT2D eigenvalue weighted by Crippen LogP contribution is 2.36. The largest absolute Gasteiger partial charge is 0.505 e. The standard InChI is InChI=1S/C17H17FN2O3S2/c1-10-12(18)5-2-6-13(10)19-17(22)20-14-8-7-11-4-3-9-25(24-23)16(11)15(14)21/h2,5-8,21H,3-4,9H2,1H3,(H2,19,20,22). The molecule has 0 spiro atoms. The summed E-state index contributed by atoms with van der Waals surface area (Å²) < 4.78 is 24.9. The maximum absolute atomic E-state index is 13.5. The van der Waals surface area contributed by atoms with Crippen LogP contribution in [0.4, 0.5) is 20.6 Å². The number of aryl methyl sites for hydroxylation is 1. The van der Waals surface area contributed by atoms with Crippen molar-refractivity contribution in [3.63, 3.8) is 0 Å². The van der Waals surface area contributed by atoms with E-state index in [1.807, 2.05) is 6.07 Å². The first-order chi connectivity index (χ1) is 12.0. The van der Waals surface area contributed by atoms with E-state index in [1.54, 1.807) is 19.1 Å². The molecule has 0 bridgehead atoms. The van der Waals surface area contributed by atoms with Gasteiger partial charge in [-0.1, -0.05) is 21.6 Å². The molecule has 2 amide bonds. The number of amides is 2. The minimum Gasteiger partial charge on any atom is -0.505 e. The Morgan fingerprint density at radius 3 is 2.76 bits per heavy atom. The van der Waals surface area contributed by atoms with Crippen molar-refractivity contribution in [1.29, 1.82) is 0 Å². The number of carbonyl (C=O) groups excluding carboxylic acids is 1. The van der Waals surface area contributed by atoms with E-state index < -0.39 is 21.3 Å². The van der Waals surface area contributed by atoms with Gasteiger partial charge < -0.3 is 15.7 Å². The average molecular weight is 380 g/mol. The van der Waals surface area contributed by atoms with Crippen molar-refractivity contribution < 1.29 is 18.5 Å². The zero-order valence-electron chi connectivity index (χ0n) is 13.5. The Kier molecular flexibility index (Phi) is 5.19. The molecule has 8 heteroatoms. The molecular weight excluding hydrogens is 363 g/mol. The fourth-order valence-corrected chi connectivity index (χ4v) is 5.60. The Morgan fingerprint density at radius 2 is 2.00 bits per heavy atom. The summed E-state index contributed by atoms with van der Waals surface area (Å²) in [7, 11) is -0.134. The van der Waals surface area contributed by atoms with Crippen LogP contribution in [-0.4, -0.2) is 21.1 Å². The van der Waals surface area contributed by atoms with E-state index in [0.29, 0.717) is 26.4 Å². The molecule has 3 rings (SSSR count). The first kappa shape index (κ1) is 17.6. The second-order valence-corrected chi connectivity index (χ2v) is 8.92. The third kappa shape index (κ3) is 3.59. The molecule has 0 aliphatic carbocycles. The van der Waals surface area contributed by atoms with Crippen LogP contribution in [0.3, 0.4) is 0 Å². The maximum atomic E-state index is 13.5. The predicted molar refractivity (Wildman–Crippen MR) is 98.8 cm³/mol. The summed E-state index contributed by atoms with van der Waals surface area (Å²) in [5.41, 5.74) is 1.86. The Hall–Kier alpha value is -2.19. The first-order valence-electron chi connectivity index (χ1n) is 7.70. The quantitative estimate of drug-likeness (QED) is 0.698. The normalized spacial score (nSPS) is 16.0. The predicted octanol–water partition coefficient (Wildman–Crippen LogP) is 3.54. The summed E-state index contributed by atoms with van der Waals surface area (Å²) >= 11 is 0. The third-order valence-corrected chi connectivity index (χ3v) is 7.29. The molecule has 0 saturated heterocycles. The third-order valence-electron chi connectivity index (χ3n) is 4.06. The number of urea groups is 1. The van der Waals surface area contributed by atoms with Crippen LogP contribution in [0.1, 0.15) is 17.5 Å². The van der Waals surface area contributed by atoms with Gasteiger partial charge in [-0.3, -0.25) is 0 Å².